The van der Waals surface area contributed by atoms with Crippen LogP contribution in [-0.4, -0.2) is 42.2 Å². The van der Waals surface area contributed by atoms with E-state index >= 15 is 0 Å². The van der Waals surface area contributed by atoms with Crippen LogP contribution in [0.3, 0.4) is 0 Å². The van der Waals surface area contributed by atoms with Gasteiger partial charge in [-0.15, -0.1) is 0 Å². The van der Waals surface area contributed by atoms with E-state index in [1.54, 1.807) is 12.4 Å². The van der Waals surface area contributed by atoms with Gasteiger partial charge >= 0.3 is 0 Å². The van der Waals surface area contributed by atoms with Crippen molar-refractivity contribution >= 4 is 34.4 Å². The lowest BCUT2D eigenvalue weighted by atomic mass is 10.1. The first-order valence-electron chi connectivity index (χ1n) is 7.43. The fraction of sp³-hybridized carbons (Fsp3) is 0.600. The van der Waals surface area contributed by atoms with Gasteiger partial charge in [-0.05, 0) is 45.1 Å². The van der Waals surface area contributed by atoms with Gasteiger partial charge in [-0.25, -0.2) is 9.97 Å². The van der Waals surface area contributed by atoms with Gasteiger partial charge in [0.1, 0.15) is 10.7 Å². The molecule has 3 N–H and O–H groups in total. The number of aromatic nitrogens is 3. The van der Waals surface area contributed by atoms with Crippen LogP contribution in [0.2, 0.25) is 10.2 Å². The van der Waals surface area contributed by atoms with Crippen LogP contribution >= 0.6 is 23.2 Å². The molecule has 0 radical (unpaired) electrons. The van der Waals surface area contributed by atoms with Crippen molar-refractivity contribution in [3.05, 3.63) is 22.6 Å². The van der Waals surface area contributed by atoms with Crippen molar-refractivity contribution in [2.24, 2.45) is 5.92 Å². The van der Waals surface area contributed by atoms with Crippen molar-refractivity contribution in [2.45, 2.75) is 44.9 Å². The number of aliphatic hydroxyl groups excluding tert-OH is 1. The summed E-state index contributed by atoms with van der Waals surface area (Å²) in [6.07, 6.45) is 4.79. The van der Waals surface area contributed by atoms with Gasteiger partial charge in [-0.2, -0.15) is 0 Å². The average Bonchev–Trinajstić information content (AvgIpc) is 3.01. The molecule has 0 amide bonds. The number of fused-ring (bicyclic) bond motifs is 1. The maximum Gasteiger partial charge on any atom is 0.163 e. The molecule has 1 unspecified atom stereocenters. The normalized spacial score (nSPS) is 21.3. The number of pyridine rings is 1. The Hall–Kier alpha value is -0.920. The molecule has 8 heteroatoms. The Morgan fingerprint density at radius 1 is 1.30 bits per heavy atom. The van der Waals surface area contributed by atoms with Gasteiger partial charge in [-0.1, -0.05) is 23.2 Å². The fourth-order valence-electron chi connectivity index (χ4n) is 2.67. The molecule has 0 spiro atoms. The molecule has 1 aliphatic carbocycles. The highest BCUT2D eigenvalue weighted by Gasteiger charge is 2.27. The number of hydrogen-bond donors (Lipinski definition) is 3. The first-order chi connectivity index (χ1) is 10.7. The summed E-state index contributed by atoms with van der Waals surface area (Å²) >= 11 is 12.0. The predicted molar refractivity (Wildman–Crippen MR) is 89.5 cm³/mol. The van der Waals surface area contributed by atoms with E-state index in [9.17, 15) is 5.11 Å². The Bertz CT molecular complexity index is 664. The molecule has 1 fully saturated rings. The van der Waals surface area contributed by atoms with Crippen LogP contribution < -0.4 is 0 Å². The molecular formula is C15H21Cl2N3O3. The molecule has 128 valence electrons. The first kappa shape index (κ1) is 18.4. The number of nitrogens with zero attached hydrogens (tertiary/aromatic N) is 3. The lowest BCUT2D eigenvalue weighted by Crippen LogP contribution is -2.15. The van der Waals surface area contributed by atoms with E-state index in [-0.39, 0.29) is 6.61 Å². The highest BCUT2D eigenvalue weighted by atomic mass is 35.5. The summed E-state index contributed by atoms with van der Waals surface area (Å²) < 4.78 is 2.03. The molecule has 1 aliphatic rings. The monoisotopic (exact) mass is 361 g/mol. The highest BCUT2D eigenvalue weighted by Crippen LogP contribution is 2.36. The molecule has 0 bridgehead atoms. The molecule has 2 atom stereocenters. The van der Waals surface area contributed by atoms with Crippen LogP contribution in [0, 0.1) is 5.92 Å². The molecule has 0 aliphatic heterocycles. The number of rotatable bonds is 2. The standard InChI is InChI=1S/C12H13Cl2N3O.C3H8O2/c13-9-4-10(14)16-12-11(9)15-6-17(12)8-2-1-7(3-8)5-18;1-3(2,4)5/h4,6-8,18H,1-3,5H2;4-5H,1-2H3/t7-,8?;/m1./s1. The van der Waals surface area contributed by atoms with Crippen LogP contribution in [-0.2, 0) is 0 Å². The van der Waals surface area contributed by atoms with Crippen molar-refractivity contribution < 1.29 is 15.3 Å². The summed E-state index contributed by atoms with van der Waals surface area (Å²) in [6.45, 7) is 2.85. The third-order valence-corrected chi connectivity index (χ3v) is 4.10. The van der Waals surface area contributed by atoms with Gasteiger partial charge in [0.05, 0.1) is 11.3 Å². The zero-order valence-corrected chi connectivity index (χ0v) is 14.6. The van der Waals surface area contributed by atoms with Crippen LogP contribution in [0.25, 0.3) is 11.2 Å². The molecule has 6 nitrogen and oxygen atoms in total. The lowest BCUT2D eigenvalue weighted by molar-refractivity contribution is -0.127. The maximum atomic E-state index is 9.20. The Morgan fingerprint density at radius 3 is 2.52 bits per heavy atom. The molecule has 0 aromatic carbocycles. The van der Waals surface area contributed by atoms with E-state index in [2.05, 4.69) is 9.97 Å². The summed E-state index contributed by atoms with van der Waals surface area (Å²) in [5, 5.41) is 26.3. The van der Waals surface area contributed by atoms with Crippen molar-refractivity contribution in [1.29, 1.82) is 0 Å². The van der Waals surface area contributed by atoms with Crippen molar-refractivity contribution in [2.75, 3.05) is 6.61 Å². The summed E-state index contributed by atoms with van der Waals surface area (Å²) in [4.78, 5) is 8.61. The third-order valence-electron chi connectivity index (χ3n) is 3.62. The Labute approximate surface area is 144 Å². The molecule has 2 aromatic rings. The van der Waals surface area contributed by atoms with E-state index in [0.717, 1.165) is 24.9 Å². The van der Waals surface area contributed by atoms with Crippen LogP contribution in [0.4, 0.5) is 0 Å². The minimum atomic E-state index is -1.50. The maximum absolute atomic E-state index is 9.20. The quantitative estimate of drug-likeness (QED) is 0.565. The zero-order chi connectivity index (χ0) is 17.2. The van der Waals surface area contributed by atoms with Gasteiger partial charge in [0, 0.05) is 12.6 Å². The summed E-state index contributed by atoms with van der Waals surface area (Å²) in [5.41, 5.74) is 1.42. The molecule has 2 aromatic heterocycles. The van der Waals surface area contributed by atoms with E-state index in [1.807, 2.05) is 4.57 Å². The number of aliphatic hydroxyl groups is 3. The van der Waals surface area contributed by atoms with Crippen molar-refractivity contribution in [3.8, 4) is 0 Å². The molecule has 0 saturated heterocycles. The molecule has 2 heterocycles. The second-order valence-electron chi connectivity index (χ2n) is 6.26. The van der Waals surface area contributed by atoms with Crippen molar-refractivity contribution in [1.82, 2.24) is 14.5 Å². The van der Waals surface area contributed by atoms with Crippen LogP contribution in [0.15, 0.2) is 12.4 Å². The Morgan fingerprint density at radius 2 is 1.96 bits per heavy atom. The van der Waals surface area contributed by atoms with Crippen LogP contribution in [0.5, 0.6) is 0 Å². The molecule has 3 rings (SSSR count). The number of halogens is 2. The average molecular weight is 362 g/mol. The van der Waals surface area contributed by atoms with Gasteiger partial charge in [0.15, 0.2) is 11.4 Å². The van der Waals surface area contributed by atoms with Gasteiger partial charge in [-0.3, -0.25) is 0 Å². The summed E-state index contributed by atoms with van der Waals surface area (Å²) in [5.74, 6) is -1.12. The SMILES string of the molecule is CC(C)(O)O.OC[C@@H]1CCC(n2cnc3c(Cl)cc(Cl)nc32)C1. The highest BCUT2D eigenvalue weighted by molar-refractivity contribution is 6.37. The van der Waals surface area contributed by atoms with E-state index < -0.39 is 5.79 Å². The van der Waals surface area contributed by atoms with E-state index in [0.29, 0.717) is 27.7 Å². The largest absolute Gasteiger partial charge is 0.396 e. The van der Waals surface area contributed by atoms with Gasteiger partial charge in [0.2, 0.25) is 0 Å². The topological polar surface area (TPSA) is 91.4 Å². The third kappa shape index (κ3) is 5.02. The van der Waals surface area contributed by atoms with Crippen LogP contribution in [0.1, 0.15) is 39.2 Å². The molecule has 1 saturated carbocycles. The zero-order valence-electron chi connectivity index (χ0n) is 13.1. The number of imidazole rings is 1. The first-order valence-corrected chi connectivity index (χ1v) is 8.18. The summed E-state index contributed by atoms with van der Waals surface area (Å²) in [7, 11) is 0. The Kier molecular flexibility index (Phi) is 5.86. The smallest absolute Gasteiger partial charge is 0.163 e. The molecule has 23 heavy (non-hydrogen) atoms. The van der Waals surface area contributed by atoms with E-state index in [4.69, 9.17) is 33.4 Å². The number of hydrogen-bond acceptors (Lipinski definition) is 5. The van der Waals surface area contributed by atoms with Crippen molar-refractivity contribution in [3.63, 3.8) is 0 Å². The second kappa shape index (κ2) is 7.32. The lowest BCUT2D eigenvalue weighted by Gasteiger charge is -2.12. The molecular weight excluding hydrogens is 341 g/mol. The minimum absolute atomic E-state index is 0.248. The predicted octanol–water partition coefficient (Wildman–Crippen LogP) is 2.78. The van der Waals surface area contributed by atoms with Gasteiger partial charge in [0.25, 0.3) is 0 Å². The second-order valence-corrected chi connectivity index (χ2v) is 7.06. The van der Waals surface area contributed by atoms with Gasteiger partial charge < -0.3 is 19.9 Å². The summed E-state index contributed by atoms with van der Waals surface area (Å²) in [6, 6.07) is 1.93. The Balaban J connectivity index is 0.000000338. The van der Waals surface area contributed by atoms with E-state index in [1.165, 1.54) is 13.8 Å². The minimum Gasteiger partial charge on any atom is -0.396 e. The fourth-order valence-corrected chi connectivity index (χ4v) is 3.16.